The minimum atomic E-state index is -0.922. The number of thiophene rings is 1. The van der Waals surface area contributed by atoms with Crippen molar-refractivity contribution in [2.75, 3.05) is 6.61 Å². The van der Waals surface area contributed by atoms with Crippen molar-refractivity contribution < 1.29 is 29.0 Å². The molecule has 0 bridgehead atoms. The number of hydrogen-bond donors (Lipinski definition) is 2. The molecule has 0 radical (unpaired) electrons. The highest BCUT2D eigenvalue weighted by atomic mass is 35.5. The monoisotopic (exact) mass is 509 g/mol. The topological polar surface area (TPSA) is 100 Å². The van der Waals surface area contributed by atoms with Gasteiger partial charge < -0.3 is 24.3 Å². The Morgan fingerprint density at radius 1 is 1.17 bits per heavy atom. The van der Waals surface area contributed by atoms with Crippen LogP contribution in [-0.4, -0.2) is 33.4 Å². The molecule has 0 fully saturated rings. The molecular formula is C26H20ClNO6S. The van der Waals surface area contributed by atoms with E-state index < -0.39 is 23.5 Å². The van der Waals surface area contributed by atoms with Gasteiger partial charge in [-0.25, -0.2) is 0 Å². The summed E-state index contributed by atoms with van der Waals surface area (Å²) in [6.07, 6.45) is 0. The van der Waals surface area contributed by atoms with Crippen LogP contribution in [0.5, 0.6) is 11.5 Å². The number of carbonyl (C=O) groups is 2. The van der Waals surface area contributed by atoms with Gasteiger partial charge in [0.1, 0.15) is 5.58 Å². The van der Waals surface area contributed by atoms with Gasteiger partial charge in [0.25, 0.3) is 5.91 Å². The Morgan fingerprint density at radius 2 is 2.00 bits per heavy atom. The van der Waals surface area contributed by atoms with E-state index in [2.05, 4.69) is 0 Å². The minimum Gasteiger partial charge on any atom is -0.504 e. The van der Waals surface area contributed by atoms with Crippen LogP contribution in [0.1, 0.15) is 34.0 Å². The molecule has 35 heavy (non-hydrogen) atoms. The zero-order valence-electron chi connectivity index (χ0n) is 18.5. The third kappa shape index (κ3) is 4.15. The van der Waals surface area contributed by atoms with Crippen LogP contribution in [0.2, 0.25) is 5.02 Å². The van der Waals surface area contributed by atoms with Crippen molar-refractivity contribution in [2.24, 2.45) is 0 Å². The summed E-state index contributed by atoms with van der Waals surface area (Å²) in [7, 11) is 0. The highest BCUT2D eigenvalue weighted by Gasteiger charge is 2.45. The van der Waals surface area contributed by atoms with E-state index >= 15 is 0 Å². The van der Waals surface area contributed by atoms with Gasteiger partial charge in [0.05, 0.1) is 24.8 Å². The van der Waals surface area contributed by atoms with Crippen LogP contribution in [0.15, 0.2) is 75.7 Å². The molecule has 1 unspecified atom stereocenters. The summed E-state index contributed by atoms with van der Waals surface area (Å²) in [5.74, 6) is -1.81. The molecule has 0 aliphatic carbocycles. The molecule has 2 aromatic heterocycles. The van der Waals surface area contributed by atoms with Gasteiger partial charge in [-0.3, -0.25) is 9.59 Å². The smallest absolute Gasteiger partial charge is 0.290 e. The van der Waals surface area contributed by atoms with E-state index in [1.807, 2.05) is 17.5 Å². The molecule has 2 N–H and O–H groups in total. The maximum atomic E-state index is 13.7. The summed E-state index contributed by atoms with van der Waals surface area (Å²) in [6.45, 7) is 2.28. The number of halogens is 1. The summed E-state index contributed by atoms with van der Waals surface area (Å²) in [4.78, 5) is 29.2. The first-order chi connectivity index (χ1) is 16.9. The molecule has 9 heteroatoms. The average Bonchev–Trinajstić information content (AvgIpc) is 3.56. The van der Waals surface area contributed by atoms with Gasteiger partial charge >= 0.3 is 0 Å². The quantitative estimate of drug-likeness (QED) is 0.295. The Kier molecular flexibility index (Phi) is 6.00. The number of ether oxygens (including phenoxy) is 1. The first kappa shape index (κ1) is 23.0. The summed E-state index contributed by atoms with van der Waals surface area (Å²) < 4.78 is 11.3. The molecular weight excluding hydrogens is 490 g/mol. The number of carbonyl (C=O) groups excluding carboxylic acids is 2. The molecule has 5 rings (SSSR count). The second kappa shape index (κ2) is 9.13. The van der Waals surface area contributed by atoms with Crippen LogP contribution < -0.4 is 4.74 Å². The zero-order valence-corrected chi connectivity index (χ0v) is 20.1. The molecule has 0 saturated heterocycles. The maximum Gasteiger partial charge on any atom is 0.290 e. The number of benzene rings is 2. The number of nitrogens with zero attached hydrogens (tertiary/aromatic N) is 1. The number of aliphatic hydroxyl groups is 1. The molecule has 1 aliphatic heterocycles. The number of phenols is 1. The van der Waals surface area contributed by atoms with Crippen LogP contribution in [0.3, 0.4) is 0 Å². The predicted molar refractivity (Wildman–Crippen MR) is 132 cm³/mol. The van der Waals surface area contributed by atoms with Gasteiger partial charge in [-0.1, -0.05) is 23.7 Å². The Labute approximate surface area is 209 Å². The number of Topliss-reactive ketones (excluding diaryl/α,β-unsaturated/α-hetero) is 1. The van der Waals surface area contributed by atoms with Gasteiger partial charge in [-0.15, -0.1) is 11.3 Å². The lowest BCUT2D eigenvalue weighted by Gasteiger charge is -2.26. The number of rotatable bonds is 7. The number of phenolic OH excluding ortho intramolecular Hbond substituents is 1. The summed E-state index contributed by atoms with van der Waals surface area (Å²) in [6, 6.07) is 13.9. The van der Waals surface area contributed by atoms with Crippen LogP contribution in [-0.2, 0) is 11.3 Å². The van der Waals surface area contributed by atoms with Crippen molar-refractivity contribution in [1.82, 2.24) is 4.90 Å². The summed E-state index contributed by atoms with van der Waals surface area (Å²) in [5.41, 5.74) is 0.852. The maximum absolute atomic E-state index is 13.7. The molecule has 7 nitrogen and oxygen atoms in total. The normalized spacial score (nSPS) is 15.9. The largest absolute Gasteiger partial charge is 0.504 e. The van der Waals surface area contributed by atoms with Gasteiger partial charge in [-0.2, -0.15) is 0 Å². The predicted octanol–water partition coefficient (Wildman–Crippen LogP) is 6.03. The Balaban J connectivity index is 1.62. The number of amides is 1. The van der Waals surface area contributed by atoms with Gasteiger partial charge in [0.15, 0.2) is 23.0 Å². The number of aliphatic hydroxyl groups excluding tert-OH is 1. The minimum absolute atomic E-state index is 0.0246. The fraction of sp³-hybridized carbons (Fsp3) is 0.154. The van der Waals surface area contributed by atoms with E-state index in [0.29, 0.717) is 28.2 Å². The van der Waals surface area contributed by atoms with Crippen molar-refractivity contribution in [1.29, 1.82) is 0 Å². The van der Waals surface area contributed by atoms with Crippen LogP contribution >= 0.6 is 22.9 Å². The van der Waals surface area contributed by atoms with Crippen molar-refractivity contribution in [3.63, 3.8) is 0 Å². The van der Waals surface area contributed by atoms with Crippen LogP contribution in [0, 0.1) is 0 Å². The number of aromatic hydroxyl groups is 1. The van der Waals surface area contributed by atoms with E-state index in [4.69, 9.17) is 20.8 Å². The van der Waals surface area contributed by atoms with E-state index in [1.165, 1.54) is 28.4 Å². The van der Waals surface area contributed by atoms with Crippen LogP contribution in [0.4, 0.5) is 0 Å². The van der Waals surface area contributed by atoms with Gasteiger partial charge in [-0.05, 0) is 60.3 Å². The molecule has 4 aromatic rings. The summed E-state index contributed by atoms with van der Waals surface area (Å²) >= 11 is 7.52. The standard InChI is InChI=1S/C26H20ClNO6S/c1-2-33-20-11-14(5-7-18(20)29)23-22(25(31)26(32)28(23)13-17-4-3-9-35-17)24(30)21-12-15-10-16(27)6-8-19(15)34-21/h3-12,23,29,31H,2,13H2,1H3. The van der Waals surface area contributed by atoms with Crippen molar-refractivity contribution in [3.8, 4) is 11.5 Å². The fourth-order valence-corrected chi connectivity index (χ4v) is 5.08. The number of fused-ring (bicyclic) bond motifs is 1. The molecule has 1 amide bonds. The molecule has 0 spiro atoms. The van der Waals surface area contributed by atoms with Crippen LogP contribution in [0.25, 0.3) is 11.0 Å². The molecule has 2 aromatic carbocycles. The molecule has 1 aliphatic rings. The highest BCUT2D eigenvalue weighted by molar-refractivity contribution is 7.09. The fourth-order valence-electron chi connectivity index (χ4n) is 4.20. The Morgan fingerprint density at radius 3 is 2.74 bits per heavy atom. The SMILES string of the molecule is CCOc1cc(C2C(C(=O)c3cc4cc(Cl)ccc4o3)=C(O)C(=O)N2Cc2cccs2)ccc1O. The first-order valence-electron chi connectivity index (χ1n) is 10.8. The number of hydrogen-bond acceptors (Lipinski definition) is 7. The lowest BCUT2D eigenvalue weighted by Crippen LogP contribution is -2.30. The van der Waals surface area contributed by atoms with Gasteiger partial charge in [0.2, 0.25) is 5.78 Å². The molecule has 0 saturated carbocycles. The van der Waals surface area contributed by atoms with Crippen molar-refractivity contribution in [3.05, 3.63) is 92.5 Å². The Hall–Kier alpha value is -3.75. The summed E-state index contributed by atoms with van der Waals surface area (Å²) in [5, 5.41) is 24.1. The lowest BCUT2D eigenvalue weighted by atomic mass is 9.94. The lowest BCUT2D eigenvalue weighted by molar-refractivity contribution is -0.130. The highest BCUT2D eigenvalue weighted by Crippen LogP contribution is 2.43. The molecule has 3 heterocycles. The third-order valence-electron chi connectivity index (χ3n) is 5.76. The number of furan rings is 1. The van der Waals surface area contributed by atoms with Gasteiger partial charge in [0, 0.05) is 15.3 Å². The molecule has 1 atom stereocenters. The first-order valence-corrected chi connectivity index (χ1v) is 12.1. The Bertz CT molecular complexity index is 1470. The second-order valence-electron chi connectivity index (χ2n) is 7.96. The second-order valence-corrected chi connectivity index (χ2v) is 9.43. The average molecular weight is 510 g/mol. The van der Waals surface area contributed by atoms with Crippen molar-refractivity contribution >= 4 is 45.6 Å². The third-order valence-corrected chi connectivity index (χ3v) is 6.85. The van der Waals surface area contributed by atoms with E-state index in [-0.39, 0.29) is 29.4 Å². The van der Waals surface area contributed by atoms with E-state index in [0.717, 1.165) is 4.88 Å². The molecule has 178 valence electrons. The van der Waals surface area contributed by atoms with E-state index in [9.17, 15) is 19.8 Å². The van der Waals surface area contributed by atoms with E-state index in [1.54, 1.807) is 37.3 Å². The number of ketones is 1. The zero-order chi connectivity index (χ0) is 24.7. The van der Waals surface area contributed by atoms with Crippen molar-refractivity contribution in [2.45, 2.75) is 19.5 Å².